The molecule has 10 nitrogen and oxygen atoms in total. The zero-order chi connectivity index (χ0) is 26.6. The van der Waals surface area contributed by atoms with Gasteiger partial charge in [0.2, 0.25) is 0 Å². The molecule has 3 rings (SSSR count). The van der Waals surface area contributed by atoms with Crippen molar-refractivity contribution < 1.29 is 43.2 Å². The Hall–Kier alpha value is -4.03. The van der Waals surface area contributed by atoms with Gasteiger partial charge in [-0.05, 0) is 35.7 Å². The third-order valence-corrected chi connectivity index (χ3v) is 5.54. The van der Waals surface area contributed by atoms with Gasteiger partial charge in [0.1, 0.15) is 5.69 Å². The minimum Gasteiger partial charge on any atom is -0.491 e. The number of methoxy groups -OCH3 is 1. The number of hydrogen-bond donors (Lipinski definition) is 4. The number of aromatic carboxylic acids is 1. The monoisotopic (exact) mass is 523 g/mol. The van der Waals surface area contributed by atoms with Crippen LogP contribution in [0.4, 0.5) is 8.78 Å². The van der Waals surface area contributed by atoms with E-state index in [9.17, 15) is 38.5 Å². The molecule has 0 aliphatic heterocycles. The summed E-state index contributed by atoms with van der Waals surface area (Å²) in [4.78, 5) is 35.9. The van der Waals surface area contributed by atoms with Gasteiger partial charge in [0.15, 0.2) is 29.2 Å². The summed E-state index contributed by atoms with van der Waals surface area (Å²) in [5.74, 6) is -6.71. The van der Waals surface area contributed by atoms with E-state index in [2.05, 4.69) is 15.2 Å². The van der Waals surface area contributed by atoms with E-state index in [0.717, 1.165) is 30.0 Å². The van der Waals surface area contributed by atoms with Crippen LogP contribution in [0.25, 0.3) is 0 Å². The van der Waals surface area contributed by atoms with Gasteiger partial charge in [-0.15, -0.1) is 0 Å². The van der Waals surface area contributed by atoms with Gasteiger partial charge in [0, 0.05) is 11.1 Å². The standard InChI is InChI=1S/C23H20ClF2N3O7/c1-36-20-14(25)6-11(7-15(20)26)10-29-18(22(32)33)9-17(28-29)21(31)27-16(19(30)23(34)35)8-12-4-2-3-5-13(12)24/h2-7,9,16,19,30H,8,10H2,1H3,(H,27,31)(H,32,33)(H,34,35)/t16-,19-/m1/s1. The van der Waals surface area contributed by atoms with Crippen LogP contribution in [0, 0.1) is 11.6 Å². The Kier molecular flexibility index (Phi) is 8.22. The normalized spacial score (nSPS) is 12.6. The quantitative estimate of drug-likeness (QED) is 0.316. The van der Waals surface area contributed by atoms with Gasteiger partial charge in [-0.2, -0.15) is 5.10 Å². The van der Waals surface area contributed by atoms with E-state index >= 15 is 0 Å². The Labute approximate surface area is 207 Å². The molecule has 0 aliphatic rings. The number of amides is 1. The van der Waals surface area contributed by atoms with Crippen molar-refractivity contribution in [2.45, 2.75) is 25.1 Å². The third-order valence-electron chi connectivity index (χ3n) is 5.17. The topological polar surface area (TPSA) is 151 Å². The lowest BCUT2D eigenvalue weighted by Crippen LogP contribution is -2.48. The molecule has 0 unspecified atom stereocenters. The molecule has 0 bridgehead atoms. The minimum absolute atomic E-state index is 0.00116. The molecule has 0 saturated heterocycles. The van der Waals surface area contributed by atoms with Crippen LogP contribution in [0.2, 0.25) is 5.02 Å². The highest BCUT2D eigenvalue weighted by molar-refractivity contribution is 6.31. The fourth-order valence-corrected chi connectivity index (χ4v) is 3.66. The molecule has 1 amide bonds. The Morgan fingerprint density at radius 3 is 2.33 bits per heavy atom. The smallest absolute Gasteiger partial charge is 0.354 e. The SMILES string of the molecule is COc1c(F)cc(Cn2nc(C(=O)N[C@H](Cc3ccccc3Cl)[C@@H](O)C(=O)O)cc2C(=O)O)cc1F. The molecule has 0 saturated carbocycles. The first-order chi connectivity index (χ1) is 17.0. The molecule has 0 aliphatic carbocycles. The van der Waals surface area contributed by atoms with Gasteiger partial charge in [-0.3, -0.25) is 9.48 Å². The highest BCUT2D eigenvalue weighted by Crippen LogP contribution is 2.24. The van der Waals surface area contributed by atoms with Crippen molar-refractivity contribution in [2.75, 3.05) is 7.11 Å². The summed E-state index contributed by atoms with van der Waals surface area (Å²) < 4.78 is 33.5. The zero-order valence-corrected chi connectivity index (χ0v) is 19.4. The third kappa shape index (κ3) is 5.96. The molecule has 2 atom stereocenters. The Morgan fingerprint density at radius 1 is 1.14 bits per heavy atom. The number of rotatable bonds is 10. The number of carbonyl (C=O) groups is 3. The molecular formula is C23H20ClF2N3O7. The van der Waals surface area contributed by atoms with E-state index in [-0.39, 0.29) is 17.0 Å². The molecule has 0 spiro atoms. The van der Waals surface area contributed by atoms with Crippen LogP contribution in [0.3, 0.4) is 0 Å². The van der Waals surface area contributed by atoms with Crippen LogP contribution in [-0.4, -0.2) is 62.2 Å². The fraction of sp³-hybridized carbons (Fsp3) is 0.217. The lowest BCUT2D eigenvalue weighted by atomic mass is 10.0. The van der Waals surface area contributed by atoms with E-state index in [1.54, 1.807) is 24.3 Å². The maximum Gasteiger partial charge on any atom is 0.354 e. The van der Waals surface area contributed by atoms with Gasteiger partial charge in [0.25, 0.3) is 5.91 Å². The fourth-order valence-electron chi connectivity index (χ4n) is 3.45. The number of nitrogens with one attached hydrogen (secondary N) is 1. The van der Waals surface area contributed by atoms with E-state index in [1.807, 2.05) is 0 Å². The largest absolute Gasteiger partial charge is 0.491 e. The van der Waals surface area contributed by atoms with Gasteiger partial charge >= 0.3 is 11.9 Å². The summed E-state index contributed by atoms with van der Waals surface area (Å²) in [7, 11) is 1.09. The van der Waals surface area contributed by atoms with Crippen LogP contribution in [-0.2, 0) is 17.8 Å². The molecule has 3 aromatic rings. The Bertz CT molecular complexity index is 1290. The highest BCUT2D eigenvalue weighted by atomic mass is 35.5. The summed E-state index contributed by atoms with van der Waals surface area (Å²) in [5, 5.41) is 35.4. The minimum atomic E-state index is -2.02. The van der Waals surface area contributed by atoms with Crippen LogP contribution >= 0.6 is 11.6 Å². The van der Waals surface area contributed by atoms with Crippen molar-refractivity contribution in [3.63, 3.8) is 0 Å². The van der Waals surface area contributed by atoms with Gasteiger partial charge < -0.3 is 25.4 Å². The predicted molar refractivity (Wildman–Crippen MR) is 121 cm³/mol. The van der Waals surface area contributed by atoms with Crippen molar-refractivity contribution in [2.24, 2.45) is 0 Å². The molecule has 190 valence electrons. The van der Waals surface area contributed by atoms with Gasteiger partial charge in [0.05, 0.1) is 19.7 Å². The first-order valence-corrected chi connectivity index (χ1v) is 10.7. The van der Waals surface area contributed by atoms with Crippen molar-refractivity contribution in [3.8, 4) is 5.75 Å². The summed E-state index contributed by atoms with van der Waals surface area (Å²) >= 11 is 6.10. The molecule has 0 fully saturated rings. The number of hydrogen-bond acceptors (Lipinski definition) is 6. The zero-order valence-electron chi connectivity index (χ0n) is 18.6. The summed E-state index contributed by atoms with van der Waals surface area (Å²) in [5.41, 5.74) is -0.451. The molecule has 2 aromatic carbocycles. The van der Waals surface area contributed by atoms with Crippen molar-refractivity contribution in [3.05, 3.63) is 81.6 Å². The first kappa shape index (κ1) is 26.6. The first-order valence-electron chi connectivity index (χ1n) is 10.3. The van der Waals surface area contributed by atoms with E-state index < -0.39 is 65.3 Å². The predicted octanol–water partition coefficient (Wildman–Crippen LogP) is 2.36. The Morgan fingerprint density at radius 2 is 1.78 bits per heavy atom. The van der Waals surface area contributed by atoms with Crippen molar-refractivity contribution in [1.82, 2.24) is 15.1 Å². The number of aromatic nitrogens is 2. The molecule has 4 N–H and O–H groups in total. The molecule has 13 heteroatoms. The molecule has 1 heterocycles. The molecule has 1 aromatic heterocycles. The second kappa shape index (κ2) is 11.1. The summed E-state index contributed by atoms with van der Waals surface area (Å²) in [6.07, 6.45) is -2.17. The van der Waals surface area contributed by atoms with Crippen molar-refractivity contribution in [1.29, 1.82) is 0 Å². The van der Waals surface area contributed by atoms with Crippen LogP contribution in [0.15, 0.2) is 42.5 Å². The van der Waals surface area contributed by atoms with Crippen LogP contribution in [0.5, 0.6) is 5.75 Å². The second-order valence-electron chi connectivity index (χ2n) is 7.63. The number of aliphatic hydroxyl groups is 1. The average Bonchev–Trinajstić information content (AvgIpc) is 3.23. The van der Waals surface area contributed by atoms with E-state index in [1.165, 1.54) is 0 Å². The molecule has 0 radical (unpaired) electrons. The summed E-state index contributed by atoms with van der Waals surface area (Å²) in [6.45, 7) is -0.409. The van der Waals surface area contributed by atoms with Gasteiger partial charge in [-0.25, -0.2) is 18.4 Å². The van der Waals surface area contributed by atoms with E-state index in [0.29, 0.717) is 5.56 Å². The number of carboxylic acids is 2. The average molecular weight is 524 g/mol. The Balaban J connectivity index is 1.89. The number of carboxylic acid groups (broad SMARTS) is 2. The number of nitrogens with zero attached hydrogens (tertiary/aromatic N) is 2. The summed E-state index contributed by atoms with van der Waals surface area (Å²) in [6, 6.07) is 7.84. The van der Waals surface area contributed by atoms with Crippen LogP contribution in [0.1, 0.15) is 32.1 Å². The van der Waals surface area contributed by atoms with E-state index in [4.69, 9.17) is 11.6 Å². The number of aliphatic carboxylic acids is 1. The van der Waals surface area contributed by atoms with Crippen LogP contribution < -0.4 is 10.1 Å². The van der Waals surface area contributed by atoms with Crippen molar-refractivity contribution >= 4 is 29.4 Å². The lowest BCUT2D eigenvalue weighted by Gasteiger charge is -2.21. The molecule has 36 heavy (non-hydrogen) atoms. The lowest BCUT2D eigenvalue weighted by molar-refractivity contribution is -0.148. The van der Waals surface area contributed by atoms with Gasteiger partial charge in [-0.1, -0.05) is 29.8 Å². The second-order valence-corrected chi connectivity index (χ2v) is 8.04. The number of halogens is 3. The number of ether oxygens (including phenoxy) is 1. The number of benzene rings is 2. The maximum atomic E-state index is 14.0. The number of carbonyl (C=O) groups excluding carboxylic acids is 1. The maximum absolute atomic E-state index is 14.0. The highest BCUT2D eigenvalue weighted by Gasteiger charge is 2.30. The molecular weight excluding hydrogens is 504 g/mol. The number of aliphatic hydroxyl groups excluding tert-OH is 1.